The first-order valence-corrected chi connectivity index (χ1v) is 6.82. The van der Waals surface area contributed by atoms with E-state index in [-0.39, 0.29) is 12.1 Å². The summed E-state index contributed by atoms with van der Waals surface area (Å²) in [5.74, 6) is -0.0839. The number of hydrogen-bond acceptors (Lipinski definition) is 3. The third-order valence-electron chi connectivity index (χ3n) is 3.90. The quantitative estimate of drug-likeness (QED) is 0.888. The van der Waals surface area contributed by atoms with Crippen LogP contribution in [0.3, 0.4) is 0 Å². The van der Waals surface area contributed by atoms with Gasteiger partial charge in [0.1, 0.15) is 12.7 Å². The molecule has 0 fully saturated rings. The predicted octanol–water partition coefficient (Wildman–Crippen LogP) is 2.48. The monoisotopic (exact) mass is 280 g/mol. The molecule has 0 spiro atoms. The Balaban J connectivity index is 1.99. The van der Waals surface area contributed by atoms with Gasteiger partial charge in [-0.05, 0) is 32.0 Å². The smallest absolute Gasteiger partial charge is 0.255 e. The molecule has 2 aromatic rings. The highest BCUT2D eigenvalue weighted by molar-refractivity contribution is 6.01. The number of rotatable bonds is 2. The summed E-state index contributed by atoms with van der Waals surface area (Å²) in [7, 11) is 0. The van der Waals surface area contributed by atoms with Gasteiger partial charge in [-0.1, -0.05) is 12.1 Å². The Kier molecular flexibility index (Phi) is 3.15. The lowest BCUT2D eigenvalue weighted by molar-refractivity contribution is 0.0935. The molecule has 1 atom stereocenters. The SMILES string of the molecule is Cc1cc([C@H]2NC(=O)c3ccccc3N2)c(C)n1CC#N. The number of aryl methyl sites for hydroxylation is 1. The number of nitrogens with zero attached hydrogens (tertiary/aromatic N) is 2. The van der Waals surface area contributed by atoms with Gasteiger partial charge in [-0.3, -0.25) is 4.79 Å². The average molecular weight is 280 g/mol. The Morgan fingerprint density at radius 1 is 1.29 bits per heavy atom. The first kappa shape index (κ1) is 13.3. The van der Waals surface area contributed by atoms with Gasteiger partial charge >= 0.3 is 0 Å². The number of anilines is 1. The minimum Gasteiger partial charge on any atom is -0.361 e. The molecule has 1 aliphatic heterocycles. The van der Waals surface area contributed by atoms with Crippen molar-refractivity contribution in [1.82, 2.24) is 9.88 Å². The Labute approximate surface area is 123 Å². The fourth-order valence-corrected chi connectivity index (χ4v) is 2.80. The van der Waals surface area contributed by atoms with E-state index in [1.807, 2.05) is 42.7 Å². The zero-order chi connectivity index (χ0) is 15.0. The van der Waals surface area contributed by atoms with Crippen LogP contribution in [0.4, 0.5) is 5.69 Å². The molecule has 3 rings (SSSR count). The summed E-state index contributed by atoms with van der Waals surface area (Å²) in [5.41, 5.74) is 4.48. The van der Waals surface area contributed by atoms with Crippen molar-refractivity contribution in [3.8, 4) is 6.07 Å². The zero-order valence-electron chi connectivity index (χ0n) is 12.0. The highest BCUT2D eigenvalue weighted by Gasteiger charge is 2.26. The molecule has 5 heteroatoms. The summed E-state index contributed by atoms with van der Waals surface area (Å²) in [4.78, 5) is 12.2. The molecule has 2 heterocycles. The molecule has 106 valence electrons. The molecule has 1 aliphatic rings. The van der Waals surface area contributed by atoms with Crippen LogP contribution in [0.1, 0.15) is 33.5 Å². The van der Waals surface area contributed by atoms with E-state index < -0.39 is 0 Å². The van der Waals surface area contributed by atoms with E-state index in [0.29, 0.717) is 12.1 Å². The second kappa shape index (κ2) is 4.98. The van der Waals surface area contributed by atoms with E-state index >= 15 is 0 Å². The van der Waals surface area contributed by atoms with Crippen LogP contribution in [0.2, 0.25) is 0 Å². The normalized spacial score (nSPS) is 16.6. The number of carbonyl (C=O) groups is 1. The number of carbonyl (C=O) groups excluding carboxylic acids is 1. The van der Waals surface area contributed by atoms with Crippen molar-refractivity contribution in [1.29, 1.82) is 5.26 Å². The molecule has 5 nitrogen and oxygen atoms in total. The highest BCUT2D eigenvalue weighted by atomic mass is 16.2. The molecular formula is C16H16N4O. The van der Waals surface area contributed by atoms with Gasteiger partial charge in [0.05, 0.1) is 11.6 Å². The standard InChI is InChI=1S/C16H16N4O/c1-10-9-13(11(2)20(10)8-7-17)15-18-14-6-4-3-5-12(14)16(21)19-15/h3-6,9,15,18H,8H2,1-2H3,(H,19,21)/t15-/m1/s1. The molecule has 0 radical (unpaired) electrons. The summed E-state index contributed by atoms with van der Waals surface area (Å²) in [6.45, 7) is 4.25. The molecule has 1 aromatic heterocycles. The van der Waals surface area contributed by atoms with Gasteiger partial charge in [0.2, 0.25) is 0 Å². The van der Waals surface area contributed by atoms with Crippen molar-refractivity contribution < 1.29 is 4.79 Å². The second-order valence-electron chi connectivity index (χ2n) is 5.17. The van der Waals surface area contributed by atoms with Crippen LogP contribution < -0.4 is 10.6 Å². The van der Waals surface area contributed by atoms with Crippen LogP contribution in [0.5, 0.6) is 0 Å². The second-order valence-corrected chi connectivity index (χ2v) is 5.17. The van der Waals surface area contributed by atoms with Gasteiger partial charge in [0, 0.05) is 22.6 Å². The average Bonchev–Trinajstić information content (AvgIpc) is 2.76. The number of hydrogen-bond donors (Lipinski definition) is 2. The summed E-state index contributed by atoms with van der Waals surface area (Å²) < 4.78 is 1.95. The number of nitrogens with one attached hydrogen (secondary N) is 2. The Bertz CT molecular complexity index is 754. The van der Waals surface area contributed by atoms with Crippen LogP contribution in [0.15, 0.2) is 30.3 Å². The van der Waals surface area contributed by atoms with E-state index in [0.717, 1.165) is 22.6 Å². The van der Waals surface area contributed by atoms with Gasteiger partial charge in [0.15, 0.2) is 0 Å². The maximum absolute atomic E-state index is 12.2. The summed E-state index contributed by atoms with van der Waals surface area (Å²) in [6.07, 6.45) is -0.272. The van der Waals surface area contributed by atoms with Crippen LogP contribution >= 0.6 is 0 Å². The van der Waals surface area contributed by atoms with E-state index in [1.54, 1.807) is 6.07 Å². The van der Waals surface area contributed by atoms with E-state index in [1.165, 1.54) is 0 Å². The number of amides is 1. The lowest BCUT2D eigenvalue weighted by Gasteiger charge is -2.28. The van der Waals surface area contributed by atoms with Gasteiger partial charge in [-0.15, -0.1) is 0 Å². The zero-order valence-corrected chi connectivity index (χ0v) is 12.0. The molecule has 0 bridgehead atoms. The molecule has 1 amide bonds. The Morgan fingerprint density at radius 2 is 2.05 bits per heavy atom. The topological polar surface area (TPSA) is 69.8 Å². The minimum absolute atomic E-state index is 0.0839. The number of fused-ring (bicyclic) bond motifs is 1. The molecule has 1 aromatic carbocycles. The highest BCUT2D eigenvalue weighted by Crippen LogP contribution is 2.29. The number of aromatic nitrogens is 1. The summed E-state index contributed by atoms with van der Waals surface area (Å²) in [6, 6.07) is 11.6. The van der Waals surface area contributed by atoms with Crippen molar-refractivity contribution >= 4 is 11.6 Å². The first-order chi connectivity index (χ1) is 10.1. The lowest BCUT2D eigenvalue weighted by atomic mass is 10.1. The van der Waals surface area contributed by atoms with Crippen molar-refractivity contribution in [2.45, 2.75) is 26.6 Å². The van der Waals surface area contributed by atoms with Gasteiger partial charge in [-0.25, -0.2) is 0 Å². The van der Waals surface area contributed by atoms with Crippen molar-refractivity contribution in [3.05, 3.63) is 52.8 Å². The van der Waals surface area contributed by atoms with E-state index in [2.05, 4.69) is 16.7 Å². The van der Waals surface area contributed by atoms with E-state index in [9.17, 15) is 4.79 Å². The van der Waals surface area contributed by atoms with Crippen LogP contribution in [-0.4, -0.2) is 10.5 Å². The number of nitriles is 1. The summed E-state index contributed by atoms with van der Waals surface area (Å²) >= 11 is 0. The molecular weight excluding hydrogens is 264 g/mol. The Morgan fingerprint density at radius 3 is 2.81 bits per heavy atom. The van der Waals surface area contributed by atoms with Crippen LogP contribution in [-0.2, 0) is 6.54 Å². The summed E-state index contributed by atoms with van der Waals surface area (Å²) in [5, 5.41) is 15.2. The van der Waals surface area contributed by atoms with Crippen molar-refractivity contribution in [2.75, 3.05) is 5.32 Å². The third-order valence-corrected chi connectivity index (χ3v) is 3.90. The van der Waals surface area contributed by atoms with Crippen molar-refractivity contribution in [3.63, 3.8) is 0 Å². The predicted molar refractivity (Wildman–Crippen MR) is 79.8 cm³/mol. The fourth-order valence-electron chi connectivity index (χ4n) is 2.80. The molecule has 0 unspecified atom stereocenters. The third kappa shape index (κ3) is 2.15. The minimum atomic E-state index is -0.272. The maximum Gasteiger partial charge on any atom is 0.255 e. The largest absolute Gasteiger partial charge is 0.361 e. The molecule has 21 heavy (non-hydrogen) atoms. The van der Waals surface area contributed by atoms with E-state index in [4.69, 9.17) is 5.26 Å². The molecule has 2 N–H and O–H groups in total. The fraction of sp³-hybridized carbons (Fsp3) is 0.250. The van der Waals surface area contributed by atoms with Crippen LogP contribution in [0.25, 0.3) is 0 Å². The maximum atomic E-state index is 12.2. The van der Waals surface area contributed by atoms with Gasteiger partial charge in [-0.2, -0.15) is 5.26 Å². The first-order valence-electron chi connectivity index (χ1n) is 6.82. The van der Waals surface area contributed by atoms with Crippen molar-refractivity contribution in [2.24, 2.45) is 0 Å². The molecule has 0 saturated heterocycles. The molecule has 0 aliphatic carbocycles. The number of benzene rings is 1. The lowest BCUT2D eigenvalue weighted by Crippen LogP contribution is -2.38. The Hall–Kier alpha value is -2.74. The van der Waals surface area contributed by atoms with Gasteiger partial charge in [0.25, 0.3) is 5.91 Å². The number of para-hydroxylation sites is 1. The van der Waals surface area contributed by atoms with Crippen LogP contribution in [0, 0.1) is 25.2 Å². The van der Waals surface area contributed by atoms with Gasteiger partial charge < -0.3 is 15.2 Å². The molecule has 0 saturated carbocycles.